The lowest BCUT2D eigenvalue weighted by atomic mass is 10.0. The molecule has 3 heterocycles. The number of fused-ring (bicyclic) bond motifs is 2. The molecule has 2 aliphatic heterocycles. The summed E-state index contributed by atoms with van der Waals surface area (Å²) in [5, 5.41) is 2.89. The molecule has 0 saturated carbocycles. The van der Waals surface area contributed by atoms with E-state index in [1.54, 1.807) is 6.07 Å². The Kier molecular flexibility index (Phi) is 5.05. The van der Waals surface area contributed by atoms with Crippen molar-refractivity contribution < 1.29 is 13.9 Å². The Morgan fingerprint density at radius 1 is 0.967 bits per heavy atom. The lowest BCUT2D eigenvalue weighted by molar-refractivity contribution is 0.0662. The normalized spacial score (nSPS) is 23.3. The molecule has 2 aromatic carbocycles. The number of hydrogen-bond acceptors (Lipinski definition) is 4. The van der Waals surface area contributed by atoms with Gasteiger partial charge in [-0.1, -0.05) is 30.3 Å². The van der Waals surface area contributed by atoms with Gasteiger partial charge in [-0.15, -0.1) is 0 Å². The van der Waals surface area contributed by atoms with Crippen LogP contribution in [0.5, 0.6) is 5.75 Å². The van der Waals surface area contributed by atoms with Crippen LogP contribution in [-0.2, 0) is 0 Å². The first-order valence-electron chi connectivity index (χ1n) is 10.6. The molecule has 3 aromatic rings. The van der Waals surface area contributed by atoms with E-state index in [2.05, 4.69) is 17.3 Å². The largest absolute Gasteiger partial charge is 0.490 e. The van der Waals surface area contributed by atoms with Crippen molar-refractivity contribution in [1.29, 1.82) is 0 Å². The Morgan fingerprint density at radius 3 is 2.37 bits per heavy atom. The van der Waals surface area contributed by atoms with Gasteiger partial charge in [0.1, 0.15) is 17.6 Å². The molecule has 154 valence electrons. The molecule has 1 aromatic heterocycles. The minimum Gasteiger partial charge on any atom is -0.490 e. The minimum atomic E-state index is -0.266. The monoisotopic (exact) mass is 402 g/mol. The predicted molar refractivity (Wildman–Crippen MR) is 117 cm³/mol. The number of amides is 1. The first-order chi connectivity index (χ1) is 14.7. The molecule has 1 amide bonds. The fourth-order valence-electron chi connectivity index (χ4n) is 4.68. The molecule has 5 rings (SSSR count). The van der Waals surface area contributed by atoms with Gasteiger partial charge in [0.25, 0.3) is 5.91 Å². The molecule has 0 radical (unpaired) electrons. The second-order valence-corrected chi connectivity index (χ2v) is 8.27. The molecule has 2 saturated heterocycles. The third-order valence-electron chi connectivity index (χ3n) is 6.36. The van der Waals surface area contributed by atoms with E-state index in [1.165, 1.54) is 12.8 Å². The zero-order chi connectivity index (χ0) is 20.5. The van der Waals surface area contributed by atoms with Crippen LogP contribution in [0.2, 0.25) is 0 Å². The van der Waals surface area contributed by atoms with Gasteiger partial charge in [-0.3, -0.25) is 4.79 Å². The number of nitrogens with zero attached hydrogens (tertiary/aromatic N) is 1. The predicted octanol–water partition coefficient (Wildman–Crippen LogP) is 5.20. The summed E-state index contributed by atoms with van der Waals surface area (Å²) in [4.78, 5) is 15.0. The summed E-state index contributed by atoms with van der Waals surface area (Å²) in [5.41, 5.74) is 1.66. The van der Waals surface area contributed by atoms with Gasteiger partial charge >= 0.3 is 0 Å². The van der Waals surface area contributed by atoms with Crippen LogP contribution >= 0.6 is 0 Å². The van der Waals surface area contributed by atoms with Crippen molar-refractivity contribution in [2.24, 2.45) is 0 Å². The number of carbonyl (C=O) groups excluding carboxylic acids is 1. The van der Waals surface area contributed by atoms with E-state index in [0.717, 1.165) is 24.2 Å². The summed E-state index contributed by atoms with van der Waals surface area (Å²) >= 11 is 0. The van der Waals surface area contributed by atoms with Gasteiger partial charge < -0.3 is 19.4 Å². The molecule has 1 unspecified atom stereocenters. The van der Waals surface area contributed by atoms with E-state index in [-0.39, 0.29) is 17.8 Å². The van der Waals surface area contributed by atoms with Crippen LogP contribution in [0.1, 0.15) is 36.2 Å². The van der Waals surface area contributed by atoms with Gasteiger partial charge in [0.05, 0.1) is 0 Å². The van der Waals surface area contributed by atoms with Crippen molar-refractivity contribution in [3.63, 3.8) is 0 Å². The maximum atomic E-state index is 12.5. The molecular weight excluding hydrogens is 376 g/mol. The van der Waals surface area contributed by atoms with E-state index in [4.69, 9.17) is 9.15 Å². The number of anilines is 1. The molecule has 1 N–H and O–H groups in total. The summed E-state index contributed by atoms with van der Waals surface area (Å²) in [6, 6.07) is 22.2. The molecule has 5 nitrogen and oxygen atoms in total. The van der Waals surface area contributed by atoms with Crippen LogP contribution < -0.4 is 10.1 Å². The van der Waals surface area contributed by atoms with Crippen molar-refractivity contribution in [1.82, 2.24) is 4.90 Å². The van der Waals surface area contributed by atoms with Crippen LogP contribution in [0.3, 0.4) is 0 Å². The van der Waals surface area contributed by atoms with Gasteiger partial charge in [0, 0.05) is 23.3 Å². The van der Waals surface area contributed by atoms with Gasteiger partial charge in [0.15, 0.2) is 5.76 Å². The second-order valence-electron chi connectivity index (χ2n) is 8.27. The number of ether oxygens (including phenoxy) is 1. The number of piperidine rings is 1. The highest BCUT2D eigenvalue weighted by Crippen LogP contribution is 2.36. The molecule has 0 aliphatic carbocycles. The molecule has 2 bridgehead atoms. The van der Waals surface area contributed by atoms with Crippen molar-refractivity contribution in [2.45, 2.75) is 43.9 Å². The summed E-state index contributed by atoms with van der Waals surface area (Å²) in [7, 11) is 2.23. The number of furan rings is 1. The molecular formula is C25H26N2O3. The number of rotatable bonds is 5. The van der Waals surface area contributed by atoms with Gasteiger partial charge in [-0.05, 0) is 69.1 Å². The van der Waals surface area contributed by atoms with Crippen molar-refractivity contribution in [2.75, 3.05) is 12.4 Å². The Labute approximate surface area is 176 Å². The van der Waals surface area contributed by atoms with Crippen LogP contribution in [0.25, 0.3) is 11.3 Å². The standard InChI is InChI=1S/C25H26N2O3/c1-27-19-9-10-20(27)16-22(15-19)29-21-11-7-18(8-12-21)26-25(28)24-14-13-23(30-24)17-5-3-2-4-6-17/h2-8,11-14,19-20,22H,9-10,15-16H2,1H3,(H,26,28)/t19-,20+,22?. The van der Waals surface area contributed by atoms with E-state index in [1.807, 2.05) is 60.7 Å². The number of hydrogen-bond donors (Lipinski definition) is 1. The van der Waals surface area contributed by atoms with Gasteiger partial charge in [0.2, 0.25) is 0 Å². The Hall–Kier alpha value is -3.05. The highest BCUT2D eigenvalue weighted by Gasteiger charge is 2.39. The minimum absolute atomic E-state index is 0.266. The molecule has 5 heteroatoms. The van der Waals surface area contributed by atoms with Crippen LogP contribution in [0.4, 0.5) is 5.69 Å². The highest BCUT2D eigenvalue weighted by atomic mass is 16.5. The van der Waals surface area contributed by atoms with Gasteiger partial charge in [-0.2, -0.15) is 0 Å². The molecule has 0 spiro atoms. The summed E-state index contributed by atoms with van der Waals surface area (Å²) in [6.45, 7) is 0. The maximum absolute atomic E-state index is 12.5. The van der Waals surface area contributed by atoms with Gasteiger partial charge in [-0.25, -0.2) is 0 Å². The maximum Gasteiger partial charge on any atom is 0.291 e. The summed E-state index contributed by atoms with van der Waals surface area (Å²) < 4.78 is 11.9. The topological polar surface area (TPSA) is 54.7 Å². The Morgan fingerprint density at radius 2 is 1.67 bits per heavy atom. The van der Waals surface area contributed by atoms with E-state index in [0.29, 0.717) is 23.5 Å². The lowest BCUT2D eigenvalue weighted by Gasteiger charge is -2.36. The van der Waals surface area contributed by atoms with E-state index < -0.39 is 0 Å². The first-order valence-corrected chi connectivity index (χ1v) is 10.6. The first kappa shape index (κ1) is 18.9. The number of benzene rings is 2. The van der Waals surface area contributed by atoms with E-state index >= 15 is 0 Å². The average Bonchev–Trinajstić information content (AvgIpc) is 3.33. The lowest BCUT2D eigenvalue weighted by Crippen LogP contribution is -2.43. The average molecular weight is 402 g/mol. The molecule has 30 heavy (non-hydrogen) atoms. The van der Waals surface area contributed by atoms with Crippen molar-refractivity contribution >= 4 is 11.6 Å². The van der Waals surface area contributed by atoms with Crippen LogP contribution in [-0.4, -0.2) is 36.0 Å². The number of nitrogens with one attached hydrogen (secondary N) is 1. The molecule has 3 atom stereocenters. The fourth-order valence-corrected chi connectivity index (χ4v) is 4.68. The van der Waals surface area contributed by atoms with Crippen molar-refractivity contribution in [3.05, 3.63) is 72.5 Å². The Bertz CT molecular complexity index is 998. The second kappa shape index (κ2) is 8.00. The fraction of sp³-hybridized carbons (Fsp3) is 0.320. The highest BCUT2D eigenvalue weighted by molar-refractivity contribution is 6.02. The third kappa shape index (κ3) is 3.85. The van der Waals surface area contributed by atoms with Crippen LogP contribution in [0, 0.1) is 0 Å². The molecule has 2 aliphatic rings. The van der Waals surface area contributed by atoms with Crippen molar-refractivity contribution in [3.8, 4) is 17.1 Å². The SMILES string of the molecule is CN1[C@@H]2CC[C@H]1CC(Oc1ccc(NC(=O)c3ccc(-c4ccccc4)o3)cc1)C2. The summed E-state index contributed by atoms with van der Waals surface area (Å²) in [6.07, 6.45) is 5.02. The quantitative estimate of drug-likeness (QED) is 0.637. The zero-order valence-corrected chi connectivity index (χ0v) is 17.1. The van der Waals surface area contributed by atoms with Crippen LogP contribution in [0.15, 0.2) is 71.1 Å². The summed E-state index contributed by atoms with van der Waals surface area (Å²) in [5.74, 6) is 1.55. The Balaban J connectivity index is 1.19. The smallest absolute Gasteiger partial charge is 0.291 e. The third-order valence-corrected chi connectivity index (χ3v) is 6.36. The zero-order valence-electron chi connectivity index (χ0n) is 17.1. The van der Waals surface area contributed by atoms with E-state index in [9.17, 15) is 4.79 Å². The molecule has 2 fully saturated rings. The number of carbonyl (C=O) groups is 1.